The van der Waals surface area contributed by atoms with E-state index in [1.807, 2.05) is 6.07 Å². The Balaban J connectivity index is 1.57. The van der Waals surface area contributed by atoms with Crippen molar-refractivity contribution in [3.63, 3.8) is 0 Å². The Morgan fingerprint density at radius 2 is 2.18 bits per heavy atom. The molecule has 0 radical (unpaired) electrons. The van der Waals surface area contributed by atoms with Crippen LogP contribution in [0.15, 0.2) is 18.3 Å². The van der Waals surface area contributed by atoms with Gasteiger partial charge in [0.15, 0.2) is 0 Å². The third-order valence-electron chi connectivity index (χ3n) is 6.10. The maximum Gasteiger partial charge on any atom is 0.405 e. The highest BCUT2D eigenvalue weighted by atomic mass is 16.5. The van der Waals surface area contributed by atoms with Crippen molar-refractivity contribution in [2.75, 3.05) is 13.7 Å². The van der Waals surface area contributed by atoms with Crippen LogP contribution in [0.1, 0.15) is 43.2 Å². The topological polar surface area (TPSA) is 117 Å². The Hall–Kier alpha value is -2.92. The summed E-state index contributed by atoms with van der Waals surface area (Å²) in [7, 11) is 1.56. The summed E-state index contributed by atoms with van der Waals surface area (Å²) in [5, 5.41) is 21.3. The van der Waals surface area contributed by atoms with Gasteiger partial charge in [-0.15, -0.1) is 0 Å². The standard InChI is InChI=1S/C20H22N4O4/c1-27-16-3-2-15-17(23-16)14(13(10-21)11-22-15)4-5-20-8-6-19(7-9-20,12-28-20)24-18(25)26/h2-3,11,24H,4-9,12H2,1H3,(H,25,26). The van der Waals surface area contributed by atoms with Crippen LogP contribution in [0.3, 0.4) is 0 Å². The molecule has 2 saturated heterocycles. The average Bonchev–Trinajstić information content (AvgIpc) is 2.72. The summed E-state index contributed by atoms with van der Waals surface area (Å²) in [6.45, 7) is 0.396. The molecule has 3 fully saturated rings. The molecule has 1 saturated carbocycles. The van der Waals surface area contributed by atoms with Crippen molar-refractivity contribution in [1.29, 1.82) is 5.26 Å². The molecule has 2 bridgehead atoms. The number of hydrogen-bond acceptors (Lipinski definition) is 6. The first kappa shape index (κ1) is 18.4. The first-order valence-corrected chi connectivity index (χ1v) is 9.36. The van der Waals surface area contributed by atoms with Crippen molar-refractivity contribution in [2.45, 2.75) is 49.7 Å². The first-order chi connectivity index (χ1) is 13.5. The van der Waals surface area contributed by atoms with Gasteiger partial charge in [-0.05, 0) is 50.2 Å². The van der Waals surface area contributed by atoms with Crippen molar-refractivity contribution in [1.82, 2.24) is 15.3 Å². The molecule has 28 heavy (non-hydrogen) atoms. The first-order valence-electron chi connectivity index (χ1n) is 9.36. The van der Waals surface area contributed by atoms with E-state index in [4.69, 9.17) is 14.6 Å². The number of carbonyl (C=O) groups is 1. The molecule has 2 aromatic rings. The van der Waals surface area contributed by atoms with Gasteiger partial charge in [0.25, 0.3) is 0 Å². The second kappa shape index (κ2) is 6.91. The minimum atomic E-state index is -1.00. The zero-order chi connectivity index (χ0) is 19.8. The maximum atomic E-state index is 11.1. The molecule has 0 atom stereocenters. The van der Waals surface area contributed by atoms with Gasteiger partial charge >= 0.3 is 6.09 Å². The summed E-state index contributed by atoms with van der Waals surface area (Å²) < 4.78 is 11.4. The lowest BCUT2D eigenvalue weighted by atomic mass is 9.69. The molecule has 1 aliphatic carbocycles. The van der Waals surface area contributed by atoms with Crippen LogP contribution in [-0.4, -0.2) is 46.0 Å². The number of ether oxygens (including phenoxy) is 2. The zero-order valence-corrected chi connectivity index (χ0v) is 15.7. The van der Waals surface area contributed by atoms with Crippen LogP contribution in [-0.2, 0) is 11.2 Å². The van der Waals surface area contributed by atoms with E-state index in [0.29, 0.717) is 30.0 Å². The fourth-order valence-corrected chi connectivity index (χ4v) is 4.39. The Kier molecular flexibility index (Phi) is 4.55. The summed E-state index contributed by atoms with van der Waals surface area (Å²) in [4.78, 5) is 19.9. The fourth-order valence-electron chi connectivity index (χ4n) is 4.39. The van der Waals surface area contributed by atoms with Crippen molar-refractivity contribution in [3.8, 4) is 11.9 Å². The van der Waals surface area contributed by atoms with Crippen LogP contribution in [0.2, 0.25) is 0 Å². The molecule has 1 amide bonds. The van der Waals surface area contributed by atoms with Crippen LogP contribution in [0.25, 0.3) is 11.0 Å². The van der Waals surface area contributed by atoms with Crippen LogP contribution in [0.5, 0.6) is 5.88 Å². The van der Waals surface area contributed by atoms with Gasteiger partial charge in [-0.3, -0.25) is 4.98 Å². The summed E-state index contributed by atoms with van der Waals surface area (Å²) >= 11 is 0. The maximum absolute atomic E-state index is 11.1. The highest BCUT2D eigenvalue weighted by Gasteiger charge is 2.50. The van der Waals surface area contributed by atoms with Gasteiger partial charge in [-0.25, -0.2) is 9.78 Å². The van der Waals surface area contributed by atoms with E-state index in [1.54, 1.807) is 19.4 Å². The number of pyridine rings is 2. The number of aryl methyl sites for hydroxylation is 1. The van der Waals surface area contributed by atoms with Crippen LogP contribution < -0.4 is 10.1 Å². The van der Waals surface area contributed by atoms with Crippen molar-refractivity contribution < 1.29 is 19.4 Å². The molecule has 146 valence electrons. The number of fused-ring (bicyclic) bond motifs is 4. The number of nitrogens with zero attached hydrogens (tertiary/aromatic N) is 3. The van der Waals surface area contributed by atoms with Gasteiger partial charge in [0.1, 0.15) is 6.07 Å². The number of nitrogens with one attached hydrogen (secondary N) is 1. The van der Waals surface area contributed by atoms with Gasteiger partial charge < -0.3 is 19.9 Å². The monoisotopic (exact) mass is 382 g/mol. The Morgan fingerprint density at radius 3 is 2.79 bits per heavy atom. The van der Waals surface area contributed by atoms with Crippen molar-refractivity contribution >= 4 is 17.1 Å². The minimum absolute atomic E-state index is 0.275. The summed E-state index contributed by atoms with van der Waals surface area (Å²) in [6.07, 6.45) is 5.13. The second-order valence-electron chi connectivity index (χ2n) is 7.67. The van der Waals surface area contributed by atoms with E-state index in [-0.39, 0.29) is 5.60 Å². The molecule has 0 spiro atoms. The second-order valence-corrected chi connectivity index (χ2v) is 7.67. The van der Waals surface area contributed by atoms with Crippen LogP contribution in [0.4, 0.5) is 4.79 Å². The Morgan fingerprint density at radius 1 is 1.39 bits per heavy atom. The van der Waals surface area contributed by atoms with Gasteiger partial charge in [0, 0.05) is 12.3 Å². The largest absolute Gasteiger partial charge is 0.481 e. The number of nitriles is 1. The fraction of sp³-hybridized carbons (Fsp3) is 0.500. The molecule has 4 heterocycles. The summed E-state index contributed by atoms with van der Waals surface area (Å²) in [5.41, 5.74) is 2.05. The number of amides is 1. The van der Waals surface area contributed by atoms with Crippen LogP contribution >= 0.6 is 0 Å². The normalized spacial score (nSPS) is 26.0. The van der Waals surface area contributed by atoms with Gasteiger partial charge in [-0.2, -0.15) is 5.26 Å². The summed E-state index contributed by atoms with van der Waals surface area (Å²) in [5.74, 6) is 0.486. The number of hydrogen-bond donors (Lipinski definition) is 2. The molecule has 0 aromatic carbocycles. The van der Waals surface area contributed by atoms with E-state index in [2.05, 4.69) is 21.4 Å². The van der Waals surface area contributed by atoms with E-state index >= 15 is 0 Å². The molecule has 8 heteroatoms. The molecule has 8 nitrogen and oxygen atoms in total. The number of aromatic nitrogens is 2. The van der Waals surface area contributed by atoms with E-state index in [9.17, 15) is 10.1 Å². The third-order valence-corrected chi connectivity index (χ3v) is 6.10. The lowest BCUT2D eigenvalue weighted by Crippen LogP contribution is -2.62. The molecule has 2 aromatic heterocycles. The number of carboxylic acid groups (broad SMARTS) is 1. The van der Waals surface area contributed by atoms with Crippen molar-refractivity contribution in [3.05, 3.63) is 29.5 Å². The predicted molar refractivity (Wildman–Crippen MR) is 100 cm³/mol. The van der Waals surface area contributed by atoms with Gasteiger partial charge in [-0.1, -0.05) is 0 Å². The van der Waals surface area contributed by atoms with Crippen molar-refractivity contribution in [2.24, 2.45) is 0 Å². The number of methoxy groups -OCH3 is 1. The Bertz CT molecular complexity index is 944. The minimum Gasteiger partial charge on any atom is -0.481 e. The zero-order valence-electron chi connectivity index (χ0n) is 15.7. The smallest absolute Gasteiger partial charge is 0.405 e. The highest BCUT2D eigenvalue weighted by Crippen LogP contribution is 2.46. The molecular weight excluding hydrogens is 360 g/mol. The lowest BCUT2D eigenvalue weighted by Gasteiger charge is -2.53. The molecule has 0 unspecified atom stereocenters. The highest BCUT2D eigenvalue weighted by molar-refractivity contribution is 5.80. The molecule has 3 aliphatic rings. The van der Waals surface area contributed by atoms with E-state index < -0.39 is 11.6 Å². The molecule has 2 N–H and O–H groups in total. The number of rotatable bonds is 5. The lowest BCUT2D eigenvalue weighted by molar-refractivity contribution is -0.162. The molecule has 2 aliphatic heterocycles. The van der Waals surface area contributed by atoms with Gasteiger partial charge in [0.2, 0.25) is 5.88 Å². The molecular formula is C20H22N4O4. The van der Waals surface area contributed by atoms with E-state index in [0.717, 1.165) is 43.2 Å². The Labute approximate surface area is 162 Å². The van der Waals surface area contributed by atoms with E-state index in [1.165, 1.54) is 0 Å². The quantitative estimate of drug-likeness (QED) is 0.816. The predicted octanol–water partition coefficient (Wildman–Crippen LogP) is 2.79. The average molecular weight is 382 g/mol. The van der Waals surface area contributed by atoms with Gasteiger partial charge in [0.05, 0.1) is 41.5 Å². The van der Waals surface area contributed by atoms with Crippen LogP contribution in [0, 0.1) is 11.3 Å². The third kappa shape index (κ3) is 3.22. The summed E-state index contributed by atoms with van der Waals surface area (Å²) in [6, 6.07) is 5.82. The SMILES string of the molecule is COc1ccc2ncc(C#N)c(CCC34CCC(NC(=O)O)(CC3)CO4)c2n1. The molecule has 5 rings (SSSR count).